The number of phenols is 2. The molecular weight excluding hydrogens is 507 g/mol. The standard InChI is InChI=1S/2C10H8O.C7H8S.2ClH.Ti/c2*11-10-7-3-5-8-4-1-2-6-9(8)10;1-5-4-6(2)8-7(5)3;;;/h2*1-7,11H;1,4H,2-3H3;2*1H;. The second kappa shape index (κ2) is 14.2. The summed E-state index contributed by atoms with van der Waals surface area (Å²) in [5, 5.41) is 22.7. The summed E-state index contributed by atoms with van der Waals surface area (Å²) in [6, 6.07) is 28.8. The van der Waals surface area contributed by atoms with Crippen LogP contribution in [0.5, 0.6) is 11.5 Å². The second-order valence-electron chi connectivity index (χ2n) is 7.01. The van der Waals surface area contributed by atoms with Crippen molar-refractivity contribution in [3.05, 3.63) is 106 Å². The van der Waals surface area contributed by atoms with E-state index in [1.807, 2.05) is 84.1 Å². The fourth-order valence-corrected chi connectivity index (χ4v) is 4.75. The Bertz CT molecular complexity index is 1230. The van der Waals surface area contributed by atoms with E-state index in [0.29, 0.717) is 11.5 Å². The van der Waals surface area contributed by atoms with Gasteiger partial charge in [-0.1, -0.05) is 72.8 Å². The first kappa shape index (κ1) is 28.9. The van der Waals surface area contributed by atoms with Crippen LogP contribution in [0, 0.1) is 13.8 Å². The van der Waals surface area contributed by atoms with E-state index in [4.69, 9.17) is 0 Å². The molecule has 0 unspecified atom stereocenters. The van der Waals surface area contributed by atoms with Crippen LogP contribution in [0.4, 0.5) is 0 Å². The van der Waals surface area contributed by atoms with Crippen LogP contribution in [-0.4, -0.2) is 14.5 Å². The van der Waals surface area contributed by atoms with Crippen LogP contribution in [0.3, 0.4) is 0 Å². The van der Waals surface area contributed by atoms with Crippen LogP contribution >= 0.6 is 36.2 Å². The summed E-state index contributed by atoms with van der Waals surface area (Å²) in [5.74, 6) is 0.700. The molecule has 0 atom stereocenters. The number of aryl methyl sites for hydroxylation is 2. The van der Waals surface area contributed by atoms with Crippen molar-refractivity contribution in [2.24, 2.45) is 0 Å². The van der Waals surface area contributed by atoms with Gasteiger partial charge in [0, 0.05) is 10.8 Å². The molecule has 0 aliphatic rings. The van der Waals surface area contributed by atoms with Gasteiger partial charge in [0.15, 0.2) is 0 Å². The van der Waals surface area contributed by atoms with Crippen LogP contribution in [0.25, 0.3) is 21.5 Å². The van der Waals surface area contributed by atoms with Crippen molar-refractivity contribution in [2.45, 2.75) is 13.8 Å². The normalized spacial score (nSPS) is 9.36. The van der Waals surface area contributed by atoms with Crippen molar-refractivity contribution in [1.82, 2.24) is 0 Å². The number of hydrogen-bond acceptors (Lipinski definition) is 3. The van der Waals surface area contributed by atoms with Gasteiger partial charge in [0.25, 0.3) is 0 Å². The topological polar surface area (TPSA) is 40.5 Å². The van der Waals surface area contributed by atoms with E-state index in [2.05, 4.69) is 44.2 Å². The zero-order chi connectivity index (χ0) is 22.2. The molecule has 0 radical (unpaired) electrons. The Morgan fingerprint density at radius 1 is 0.667 bits per heavy atom. The van der Waals surface area contributed by atoms with Gasteiger partial charge in [-0.15, -0.1) is 24.8 Å². The maximum absolute atomic E-state index is 9.37. The molecule has 0 aliphatic carbocycles. The average molecular weight is 533 g/mol. The molecule has 5 rings (SSSR count). The summed E-state index contributed by atoms with van der Waals surface area (Å²) >= 11 is 3.94. The Kier molecular flexibility index (Phi) is 12.4. The maximum Gasteiger partial charge on any atom is 0.123 e. The van der Waals surface area contributed by atoms with Gasteiger partial charge in [-0.3, -0.25) is 0 Å². The van der Waals surface area contributed by atoms with Crippen LogP contribution in [-0.2, 0) is 20.0 Å². The summed E-state index contributed by atoms with van der Waals surface area (Å²) in [4.78, 5) is 2.83. The van der Waals surface area contributed by atoms with Crippen molar-refractivity contribution in [2.75, 3.05) is 0 Å². The van der Waals surface area contributed by atoms with E-state index in [1.54, 1.807) is 12.1 Å². The predicted molar refractivity (Wildman–Crippen MR) is 145 cm³/mol. The first-order valence-electron chi connectivity index (χ1n) is 9.90. The predicted octanol–water partition coefficient (Wildman–Crippen LogP) is 8.00. The fourth-order valence-electron chi connectivity index (χ4n) is 3.21. The second-order valence-corrected chi connectivity index (χ2v) is 8.92. The van der Waals surface area contributed by atoms with Crippen LogP contribution in [0.2, 0.25) is 0 Å². The van der Waals surface area contributed by atoms with Gasteiger partial charge in [-0.25, -0.2) is 0 Å². The van der Waals surface area contributed by atoms with Crippen molar-refractivity contribution >= 4 is 62.0 Å². The number of hydrogen-bond donors (Lipinski definition) is 2. The molecule has 0 aliphatic heterocycles. The molecule has 1 heterocycles. The van der Waals surface area contributed by atoms with Gasteiger partial charge >= 0.3 is 70.9 Å². The zero-order valence-corrected chi connectivity index (χ0v) is 22.4. The molecule has 0 bridgehead atoms. The van der Waals surface area contributed by atoms with Gasteiger partial charge in [0.2, 0.25) is 0 Å². The Morgan fingerprint density at radius 2 is 1.09 bits per heavy atom. The van der Waals surface area contributed by atoms with Gasteiger partial charge in [-0.2, -0.15) is 0 Å². The molecule has 0 fully saturated rings. The molecule has 0 amide bonds. The van der Waals surface area contributed by atoms with Crippen molar-refractivity contribution < 1.29 is 30.2 Å². The quantitative estimate of drug-likeness (QED) is 0.215. The van der Waals surface area contributed by atoms with Gasteiger partial charge < -0.3 is 10.2 Å². The van der Waals surface area contributed by atoms with E-state index in [-0.39, 0.29) is 24.8 Å². The molecule has 0 saturated heterocycles. The summed E-state index contributed by atoms with van der Waals surface area (Å²) < 4.78 is 2.15. The molecule has 5 aromatic rings. The van der Waals surface area contributed by atoms with E-state index >= 15 is 0 Å². The summed E-state index contributed by atoms with van der Waals surface area (Å²) in [6.45, 7) is 4.30. The van der Waals surface area contributed by atoms with Crippen LogP contribution < -0.4 is 0 Å². The minimum atomic E-state index is 0. The summed E-state index contributed by atoms with van der Waals surface area (Å²) in [5.41, 5.74) is 1.39. The summed E-state index contributed by atoms with van der Waals surface area (Å²) in [6.07, 6.45) is 0. The summed E-state index contributed by atoms with van der Waals surface area (Å²) in [7, 11) is 0. The van der Waals surface area contributed by atoms with Crippen molar-refractivity contribution in [3.63, 3.8) is 0 Å². The van der Waals surface area contributed by atoms with Crippen LogP contribution in [0.1, 0.15) is 15.3 Å². The third-order valence-electron chi connectivity index (χ3n) is 4.77. The molecule has 0 saturated carbocycles. The van der Waals surface area contributed by atoms with Gasteiger partial charge in [-0.05, 0) is 22.9 Å². The van der Waals surface area contributed by atoms with E-state index in [0.717, 1.165) is 21.5 Å². The monoisotopic (exact) mass is 532 g/mol. The molecule has 33 heavy (non-hydrogen) atoms. The van der Waals surface area contributed by atoms with Gasteiger partial charge in [0.1, 0.15) is 11.5 Å². The molecule has 1 aromatic heterocycles. The number of rotatable bonds is 1. The number of halogens is 2. The zero-order valence-electron chi connectivity index (χ0n) is 18.4. The fraction of sp³-hybridized carbons (Fsp3) is 0.0741. The van der Waals surface area contributed by atoms with E-state index < -0.39 is 0 Å². The minimum absolute atomic E-state index is 0. The SMILES string of the molecule is Cc1cc([CH]=[Ti])c(C)s1.Cl.Cl.Oc1cccc2ccccc12.Oc1cccc2ccccc12. The molecule has 170 valence electrons. The third-order valence-corrected chi connectivity index (χ3v) is 6.24. The van der Waals surface area contributed by atoms with E-state index in [1.165, 1.54) is 15.3 Å². The van der Waals surface area contributed by atoms with Crippen LogP contribution in [0.15, 0.2) is 91.0 Å². The van der Waals surface area contributed by atoms with Crippen molar-refractivity contribution in [3.8, 4) is 11.5 Å². The number of benzene rings is 4. The largest absolute Gasteiger partial charge is 0.507 e. The minimum Gasteiger partial charge on any atom is -0.507 e. The first-order chi connectivity index (χ1) is 15.0. The Hall–Kier alpha value is -2.14. The number of fused-ring (bicyclic) bond motifs is 2. The molecule has 2 nitrogen and oxygen atoms in total. The Morgan fingerprint density at radius 3 is 1.42 bits per heavy atom. The Labute approximate surface area is 222 Å². The molecule has 0 spiro atoms. The van der Waals surface area contributed by atoms with E-state index in [9.17, 15) is 10.2 Å². The first-order valence-corrected chi connectivity index (χ1v) is 11.6. The number of phenolic OH excluding ortho intramolecular Hbond substituents is 2. The maximum atomic E-state index is 9.37. The smallest absolute Gasteiger partial charge is 0.123 e. The average Bonchev–Trinajstić information content (AvgIpc) is 3.12. The molecule has 4 aromatic carbocycles. The molecular formula is C27H26Cl2O2STi. The molecule has 2 N–H and O–H groups in total. The Balaban J connectivity index is 0.000000242. The number of aromatic hydroxyl groups is 2. The molecule has 6 heteroatoms. The third kappa shape index (κ3) is 7.99. The van der Waals surface area contributed by atoms with Crippen molar-refractivity contribution in [1.29, 1.82) is 0 Å². The number of thiophene rings is 1. The van der Waals surface area contributed by atoms with Gasteiger partial charge in [0.05, 0.1) is 0 Å².